The van der Waals surface area contributed by atoms with Crippen LogP contribution < -0.4 is 5.32 Å². The van der Waals surface area contributed by atoms with Crippen LogP contribution in [-0.2, 0) is 0 Å². The minimum atomic E-state index is -0.205. The Morgan fingerprint density at radius 3 is 2.86 bits per heavy atom. The highest BCUT2D eigenvalue weighted by Gasteiger charge is 2.10. The quantitative estimate of drug-likeness (QED) is 0.644. The third-order valence-electron chi connectivity index (χ3n) is 3.18. The zero-order valence-electron chi connectivity index (χ0n) is 11.4. The molecule has 3 N–H and O–H groups in total. The molecule has 0 unspecified atom stereocenters. The highest BCUT2D eigenvalue weighted by molar-refractivity contribution is 7.98. The summed E-state index contributed by atoms with van der Waals surface area (Å²) in [7, 11) is 0. The first-order valence-electron chi connectivity index (χ1n) is 6.43. The first-order valence-corrected chi connectivity index (χ1v) is 7.65. The first-order chi connectivity index (χ1) is 10.2. The van der Waals surface area contributed by atoms with Crippen LogP contribution in [0.25, 0.3) is 10.9 Å². The number of fused-ring (bicyclic) bond motifs is 1. The number of benzene rings is 2. The number of aromatic nitrogens is 1. The molecule has 3 rings (SSSR count). The van der Waals surface area contributed by atoms with Crippen molar-refractivity contribution in [3.8, 4) is 5.75 Å². The molecule has 0 atom stereocenters. The summed E-state index contributed by atoms with van der Waals surface area (Å²) in [5, 5.41) is 13.1. The molecule has 4 nitrogen and oxygen atoms in total. The van der Waals surface area contributed by atoms with Gasteiger partial charge in [0.25, 0.3) is 5.91 Å². The monoisotopic (exact) mass is 298 g/mol. The lowest BCUT2D eigenvalue weighted by atomic mass is 10.2. The van der Waals surface area contributed by atoms with Gasteiger partial charge in [0, 0.05) is 21.5 Å². The maximum atomic E-state index is 12.3. The SMILES string of the molecule is CSc1cccc(NC(=O)c2cc3cc(O)ccc3[nH]2)c1. The van der Waals surface area contributed by atoms with Gasteiger partial charge in [-0.3, -0.25) is 4.79 Å². The van der Waals surface area contributed by atoms with E-state index in [0.29, 0.717) is 5.69 Å². The number of hydrogen-bond acceptors (Lipinski definition) is 3. The number of carbonyl (C=O) groups is 1. The molecule has 1 heterocycles. The van der Waals surface area contributed by atoms with E-state index in [1.54, 1.807) is 36.0 Å². The first kappa shape index (κ1) is 13.6. The number of rotatable bonds is 3. The minimum Gasteiger partial charge on any atom is -0.508 e. The fourth-order valence-corrected chi connectivity index (χ4v) is 2.60. The van der Waals surface area contributed by atoms with Crippen molar-refractivity contribution in [2.45, 2.75) is 4.90 Å². The zero-order chi connectivity index (χ0) is 14.8. The van der Waals surface area contributed by atoms with Crippen LogP contribution in [0.3, 0.4) is 0 Å². The number of amides is 1. The topological polar surface area (TPSA) is 65.1 Å². The van der Waals surface area contributed by atoms with Crippen molar-refractivity contribution >= 4 is 34.3 Å². The summed E-state index contributed by atoms with van der Waals surface area (Å²) < 4.78 is 0. The van der Waals surface area contributed by atoms with Gasteiger partial charge in [0.2, 0.25) is 0 Å². The average Bonchev–Trinajstić information content (AvgIpc) is 2.90. The Morgan fingerprint density at radius 2 is 2.05 bits per heavy atom. The number of phenols is 1. The molecule has 0 radical (unpaired) electrons. The van der Waals surface area contributed by atoms with Crippen LogP contribution in [0.1, 0.15) is 10.5 Å². The Labute approximate surface area is 126 Å². The van der Waals surface area contributed by atoms with Crippen LogP contribution in [-0.4, -0.2) is 22.3 Å². The van der Waals surface area contributed by atoms with E-state index in [1.807, 2.05) is 30.5 Å². The van der Waals surface area contributed by atoms with Gasteiger partial charge in [-0.05, 0) is 48.7 Å². The molecular weight excluding hydrogens is 284 g/mol. The van der Waals surface area contributed by atoms with Crippen LogP contribution in [0.2, 0.25) is 0 Å². The molecule has 0 bridgehead atoms. The van der Waals surface area contributed by atoms with Gasteiger partial charge in [-0.1, -0.05) is 6.07 Å². The Hall–Kier alpha value is -2.40. The molecule has 1 amide bonds. The van der Waals surface area contributed by atoms with Gasteiger partial charge in [0.1, 0.15) is 11.4 Å². The van der Waals surface area contributed by atoms with Gasteiger partial charge < -0.3 is 15.4 Å². The normalized spacial score (nSPS) is 10.7. The van der Waals surface area contributed by atoms with E-state index in [0.717, 1.165) is 21.5 Å². The molecule has 0 aliphatic carbocycles. The number of anilines is 1. The Bertz CT molecular complexity index is 811. The molecular formula is C16H14N2O2S. The van der Waals surface area contributed by atoms with Crippen molar-refractivity contribution in [2.75, 3.05) is 11.6 Å². The van der Waals surface area contributed by atoms with E-state index in [1.165, 1.54) is 0 Å². The van der Waals surface area contributed by atoms with Crippen molar-refractivity contribution in [3.63, 3.8) is 0 Å². The second kappa shape index (κ2) is 5.54. The Kier molecular flexibility index (Phi) is 3.58. The predicted octanol–water partition coefficient (Wildman–Crippen LogP) is 3.85. The summed E-state index contributed by atoms with van der Waals surface area (Å²) in [5.41, 5.74) is 2.04. The third kappa shape index (κ3) is 2.87. The van der Waals surface area contributed by atoms with Crippen LogP contribution >= 0.6 is 11.8 Å². The van der Waals surface area contributed by atoms with Gasteiger partial charge in [0.05, 0.1) is 0 Å². The standard InChI is InChI=1S/C16H14N2O2S/c1-21-13-4-2-3-11(9-13)17-16(20)15-8-10-7-12(19)5-6-14(10)18-15/h2-9,18-19H,1H3,(H,17,20). The van der Waals surface area contributed by atoms with E-state index in [2.05, 4.69) is 10.3 Å². The van der Waals surface area contributed by atoms with Crippen molar-refractivity contribution in [1.29, 1.82) is 0 Å². The number of hydrogen-bond donors (Lipinski definition) is 3. The fraction of sp³-hybridized carbons (Fsp3) is 0.0625. The van der Waals surface area contributed by atoms with Gasteiger partial charge in [0.15, 0.2) is 0 Å². The van der Waals surface area contributed by atoms with E-state index in [-0.39, 0.29) is 11.7 Å². The predicted molar refractivity (Wildman–Crippen MR) is 86.1 cm³/mol. The van der Waals surface area contributed by atoms with Crippen LogP contribution in [0.4, 0.5) is 5.69 Å². The Balaban J connectivity index is 1.86. The molecule has 1 aromatic heterocycles. The summed E-state index contributed by atoms with van der Waals surface area (Å²) >= 11 is 1.62. The summed E-state index contributed by atoms with van der Waals surface area (Å²) in [4.78, 5) is 16.4. The highest BCUT2D eigenvalue weighted by Crippen LogP contribution is 2.22. The molecule has 0 fully saturated rings. The molecule has 0 spiro atoms. The zero-order valence-corrected chi connectivity index (χ0v) is 12.2. The number of aromatic hydroxyl groups is 1. The van der Waals surface area contributed by atoms with Gasteiger partial charge in [-0.2, -0.15) is 0 Å². The maximum Gasteiger partial charge on any atom is 0.272 e. The molecule has 2 aromatic carbocycles. The Morgan fingerprint density at radius 1 is 1.19 bits per heavy atom. The second-order valence-electron chi connectivity index (χ2n) is 4.64. The number of phenolic OH excluding ortho intramolecular Hbond substituents is 1. The largest absolute Gasteiger partial charge is 0.508 e. The molecule has 106 valence electrons. The van der Waals surface area contributed by atoms with Crippen molar-refractivity contribution in [2.24, 2.45) is 0 Å². The van der Waals surface area contributed by atoms with E-state index in [4.69, 9.17) is 0 Å². The minimum absolute atomic E-state index is 0.182. The summed E-state index contributed by atoms with van der Waals surface area (Å²) in [6.45, 7) is 0. The third-order valence-corrected chi connectivity index (χ3v) is 3.90. The van der Waals surface area contributed by atoms with Crippen molar-refractivity contribution in [3.05, 3.63) is 54.2 Å². The molecule has 0 aliphatic heterocycles. The summed E-state index contributed by atoms with van der Waals surface area (Å²) in [5.74, 6) is -0.0231. The number of H-pyrrole nitrogens is 1. The van der Waals surface area contributed by atoms with E-state index in [9.17, 15) is 9.90 Å². The van der Waals surface area contributed by atoms with Crippen LogP contribution in [0.15, 0.2) is 53.4 Å². The van der Waals surface area contributed by atoms with Gasteiger partial charge in [-0.25, -0.2) is 0 Å². The van der Waals surface area contributed by atoms with Gasteiger partial charge in [-0.15, -0.1) is 11.8 Å². The number of carbonyl (C=O) groups excluding carboxylic acids is 1. The number of thioether (sulfide) groups is 1. The molecule has 0 aliphatic rings. The van der Waals surface area contributed by atoms with Crippen LogP contribution in [0, 0.1) is 0 Å². The number of nitrogens with one attached hydrogen (secondary N) is 2. The van der Waals surface area contributed by atoms with Gasteiger partial charge >= 0.3 is 0 Å². The smallest absolute Gasteiger partial charge is 0.272 e. The summed E-state index contributed by atoms with van der Waals surface area (Å²) in [6, 6.07) is 14.4. The molecule has 0 saturated heterocycles. The average molecular weight is 298 g/mol. The molecule has 21 heavy (non-hydrogen) atoms. The van der Waals surface area contributed by atoms with Crippen LogP contribution in [0.5, 0.6) is 5.75 Å². The van der Waals surface area contributed by atoms with Crippen molar-refractivity contribution in [1.82, 2.24) is 4.98 Å². The maximum absolute atomic E-state index is 12.3. The molecule has 3 aromatic rings. The number of aromatic amines is 1. The summed E-state index contributed by atoms with van der Waals surface area (Å²) in [6.07, 6.45) is 1.99. The lowest BCUT2D eigenvalue weighted by Crippen LogP contribution is -2.12. The highest BCUT2D eigenvalue weighted by atomic mass is 32.2. The molecule has 5 heteroatoms. The fourth-order valence-electron chi connectivity index (χ4n) is 2.14. The lowest BCUT2D eigenvalue weighted by Gasteiger charge is -2.05. The lowest BCUT2D eigenvalue weighted by molar-refractivity contribution is 0.102. The van der Waals surface area contributed by atoms with Crippen molar-refractivity contribution < 1.29 is 9.90 Å². The second-order valence-corrected chi connectivity index (χ2v) is 5.52. The van der Waals surface area contributed by atoms with E-state index < -0.39 is 0 Å². The molecule has 0 saturated carbocycles. The van der Waals surface area contributed by atoms with E-state index >= 15 is 0 Å².